The van der Waals surface area contributed by atoms with Crippen molar-refractivity contribution in [2.45, 2.75) is 52.2 Å². The lowest BCUT2D eigenvalue weighted by atomic mass is 10.0. The minimum atomic E-state index is 0.348. The number of rotatable bonds is 11. The molecule has 2 nitrogen and oxygen atoms in total. The molecule has 154 valence electrons. The highest BCUT2D eigenvalue weighted by molar-refractivity contribution is 6.35. The molecule has 0 saturated carbocycles. The van der Waals surface area contributed by atoms with Crippen LogP contribution < -0.4 is 10.1 Å². The van der Waals surface area contributed by atoms with E-state index in [4.69, 9.17) is 27.9 Å². The van der Waals surface area contributed by atoms with Gasteiger partial charge in [-0.1, -0.05) is 92.2 Å². The molecular formula is C25H29Cl2NO. The van der Waals surface area contributed by atoms with Crippen LogP contribution in [-0.2, 0) is 13.2 Å². The van der Waals surface area contributed by atoms with Gasteiger partial charge in [-0.15, -0.1) is 0 Å². The summed E-state index contributed by atoms with van der Waals surface area (Å²) < 4.78 is 6.19. The van der Waals surface area contributed by atoms with E-state index in [1.54, 1.807) is 0 Å². The van der Waals surface area contributed by atoms with Gasteiger partial charge in [0.05, 0.1) is 0 Å². The van der Waals surface area contributed by atoms with Crippen molar-refractivity contribution in [1.82, 2.24) is 5.32 Å². The molecule has 0 amide bonds. The van der Waals surface area contributed by atoms with Crippen molar-refractivity contribution >= 4 is 34.0 Å². The molecule has 29 heavy (non-hydrogen) atoms. The number of halogens is 2. The van der Waals surface area contributed by atoms with Crippen LogP contribution in [-0.4, -0.2) is 6.54 Å². The Morgan fingerprint density at radius 3 is 2.34 bits per heavy atom. The number of hydrogen-bond donors (Lipinski definition) is 1. The maximum Gasteiger partial charge on any atom is 0.124 e. The molecule has 0 heterocycles. The van der Waals surface area contributed by atoms with Gasteiger partial charge in [0.15, 0.2) is 0 Å². The fourth-order valence-electron chi connectivity index (χ4n) is 3.52. The first-order valence-corrected chi connectivity index (χ1v) is 11.2. The maximum absolute atomic E-state index is 6.31. The number of ether oxygens (including phenoxy) is 1. The van der Waals surface area contributed by atoms with Crippen LogP contribution >= 0.6 is 23.2 Å². The first-order chi connectivity index (χ1) is 14.2. The van der Waals surface area contributed by atoms with Crippen molar-refractivity contribution in [2.24, 2.45) is 0 Å². The molecule has 0 atom stereocenters. The predicted molar refractivity (Wildman–Crippen MR) is 125 cm³/mol. The zero-order valence-corrected chi connectivity index (χ0v) is 18.5. The monoisotopic (exact) mass is 429 g/mol. The number of unbranched alkanes of at least 4 members (excludes halogenated alkanes) is 4. The summed E-state index contributed by atoms with van der Waals surface area (Å²) in [5.74, 6) is 0.873. The van der Waals surface area contributed by atoms with Gasteiger partial charge in [0, 0.05) is 27.7 Å². The van der Waals surface area contributed by atoms with E-state index in [1.807, 2.05) is 24.3 Å². The van der Waals surface area contributed by atoms with E-state index in [-0.39, 0.29) is 0 Å². The molecule has 0 bridgehead atoms. The molecule has 0 fully saturated rings. The Bertz CT molecular complexity index is 906. The Balaban J connectivity index is 1.72. The second kappa shape index (κ2) is 11.4. The first-order valence-electron chi connectivity index (χ1n) is 10.5. The predicted octanol–water partition coefficient (Wildman–Crippen LogP) is 7.79. The fraction of sp³-hybridized carbons (Fsp3) is 0.360. The standard InChI is InChI=1S/C25H29Cl2NO/c1-2-3-4-5-8-16-28-17-21-20-11-7-6-10-19(20)14-15-25(21)29-18-22-23(26)12-9-13-24(22)27/h6-7,9-15,28H,2-5,8,16-18H2,1H3. The third-order valence-corrected chi connectivity index (χ3v) is 5.90. The molecule has 3 aromatic carbocycles. The van der Waals surface area contributed by atoms with Gasteiger partial charge in [0.2, 0.25) is 0 Å². The normalized spacial score (nSPS) is 11.1. The number of nitrogens with one attached hydrogen (secondary N) is 1. The van der Waals surface area contributed by atoms with Crippen LogP contribution in [0.5, 0.6) is 5.75 Å². The van der Waals surface area contributed by atoms with E-state index in [0.29, 0.717) is 16.7 Å². The first kappa shape index (κ1) is 22.0. The summed E-state index contributed by atoms with van der Waals surface area (Å²) in [6.07, 6.45) is 6.41. The zero-order chi connectivity index (χ0) is 20.5. The smallest absolute Gasteiger partial charge is 0.124 e. The Labute approximate surface area is 184 Å². The maximum atomic E-state index is 6.31. The molecular weight excluding hydrogens is 401 g/mol. The van der Waals surface area contributed by atoms with Crippen LogP contribution in [0.1, 0.15) is 50.2 Å². The van der Waals surface area contributed by atoms with Crippen molar-refractivity contribution in [3.05, 3.63) is 75.8 Å². The van der Waals surface area contributed by atoms with Crippen molar-refractivity contribution in [2.75, 3.05) is 6.54 Å². The number of hydrogen-bond acceptors (Lipinski definition) is 2. The summed E-state index contributed by atoms with van der Waals surface area (Å²) in [5.41, 5.74) is 2.00. The molecule has 3 aromatic rings. The lowest BCUT2D eigenvalue weighted by Gasteiger charge is -2.16. The van der Waals surface area contributed by atoms with E-state index in [9.17, 15) is 0 Å². The lowest BCUT2D eigenvalue weighted by Crippen LogP contribution is -2.16. The molecule has 0 aliphatic heterocycles. The van der Waals surface area contributed by atoms with Crippen molar-refractivity contribution in [1.29, 1.82) is 0 Å². The van der Waals surface area contributed by atoms with Gasteiger partial charge < -0.3 is 10.1 Å². The van der Waals surface area contributed by atoms with Gasteiger partial charge in [-0.2, -0.15) is 0 Å². The van der Waals surface area contributed by atoms with Crippen LogP contribution in [0.4, 0.5) is 0 Å². The highest BCUT2D eigenvalue weighted by Crippen LogP contribution is 2.31. The minimum Gasteiger partial charge on any atom is -0.488 e. The molecule has 1 N–H and O–H groups in total. The van der Waals surface area contributed by atoms with Gasteiger partial charge in [0.25, 0.3) is 0 Å². The van der Waals surface area contributed by atoms with Crippen LogP contribution in [0.3, 0.4) is 0 Å². The summed E-state index contributed by atoms with van der Waals surface area (Å²) in [7, 11) is 0. The van der Waals surface area contributed by atoms with Gasteiger partial charge in [-0.05, 0) is 41.9 Å². The highest BCUT2D eigenvalue weighted by atomic mass is 35.5. The molecule has 0 aliphatic carbocycles. The summed E-state index contributed by atoms with van der Waals surface area (Å²) in [4.78, 5) is 0. The summed E-state index contributed by atoms with van der Waals surface area (Å²) in [6, 6.07) is 18.1. The number of benzene rings is 3. The molecule has 0 spiro atoms. The van der Waals surface area contributed by atoms with Crippen LogP contribution in [0, 0.1) is 0 Å². The SMILES string of the molecule is CCCCCCCNCc1c(OCc2c(Cl)cccc2Cl)ccc2ccccc12. The lowest BCUT2D eigenvalue weighted by molar-refractivity contribution is 0.303. The third kappa shape index (κ3) is 6.12. The molecule has 0 aliphatic rings. The van der Waals surface area contributed by atoms with E-state index in [1.165, 1.54) is 48.4 Å². The summed E-state index contributed by atoms with van der Waals surface area (Å²) >= 11 is 12.6. The van der Waals surface area contributed by atoms with Crippen molar-refractivity contribution in [3.63, 3.8) is 0 Å². The average Bonchev–Trinajstić information content (AvgIpc) is 2.73. The Kier molecular flexibility index (Phi) is 8.67. The van der Waals surface area contributed by atoms with E-state index in [2.05, 4.69) is 42.6 Å². The van der Waals surface area contributed by atoms with Gasteiger partial charge in [-0.25, -0.2) is 0 Å². The van der Waals surface area contributed by atoms with E-state index < -0.39 is 0 Å². The van der Waals surface area contributed by atoms with Crippen molar-refractivity contribution in [3.8, 4) is 5.75 Å². The second-order valence-corrected chi connectivity index (χ2v) is 8.16. The molecule has 0 unspecified atom stereocenters. The average molecular weight is 430 g/mol. The minimum absolute atomic E-state index is 0.348. The Morgan fingerprint density at radius 1 is 0.793 bits per heavy atom. The zero-order valence-electron chi connectivity index (χ0n) is 17.0. The molecule has 4 heteroatoms. The summed E-state index contributed by atoms with van der Waals surface area (Å²) in [5, 5.41) is 7.29. The fourth-order valence-corrected chi connectivity index (χ4v) is 4.03. The van der Waals surface area contributed by atoms with E-state index in [0.717, 1.165) is 24.4 Å². The summed E-state index contributed by atoms with van der Waals surface area (Å²) in [6.45, 7) is 4.39. The van der Waals surface area contributed by atoms with Crippen LogP contribution in [0.2, 0.25) is 10.0 Å². The molecule has 0 saturated heterocycles. The van der Waals surface area contributed by atoms with Gasteiger partial charge in [-0.3, -0.25) is 0 Å². The Hall–Kier alpha value is -1.74. The number of fused-ring (bicyclic) bond motifs is 1. The molecule has 0 aromatic heterocycles. The highest BCUT2D eigenvalue weighted by Gasteiger charge is 2.11. The second-order valence-electron chi connectivity index (χ2n) is 7.34. The largest absolute Gasteiger partial charge is 0.488 e. The van der Waals surface area contributed by atoms with Gasteiger partial charge in [0.1, 0.15) is 12.4 Å². The topological polar surface area (TPSA) is 21.3 Å². The van der Waals surface area contributed by atoms with E-state index >= 15 is 0 Å². The Morgan fingerprint density at radius 2 is 1.55 bits per heavy atom. The van der Waals surface area contributed by atoms with Crippen LogP contribution in [0.15, 0.2) is 54.6 Å². The molecule has 0 radical (unpaired) electrons. The third-order valence-electron chi connectivity index (χ3n) is 5.19. The molecule has 3 rings (SSSR count). The van der Waals surface area contributed by atoms with Gasteiger partial charge >= 0.3 is 0 Å². The van der Waals surface area contributed by atoms with Crippen molar-refractivity contribution < 1.29 is 4.74 Å². The quantitative estimate of drug-likeness (QED) is 0.314. The van der Waals surface area contributed by atoms with Crippen LogP contribution in [0.25, 0.3) is 10.8 Å².